The summed E-state index contributed by atoms with van der Waals surface area (Å²) < 4.78 is 2.01. The molecule has 0 aliphatic heterocycles. The molecule has 0 spiro atoms. The van der Waals surface area contributed by atoms with Crippen LogP contribution in [-0.4, -0.2) is 41.4 Å². The fourth-order valence-corrected chi connectivity index (χ4v) is 2.44. The SMILES string of the molecule is CNC(c1ccnn1-c1ccccc1)C(C)(C)N(C)C. The number of nitrogens with zero attached hydrogens (tertiary/aromatic N) is 3. The molecule has 0 aliphatic carbocycles. The molecule has 0 radical (unpaired) electrons. The molecule has 1 N–H and O–H groups in total. The monoisotopic (exact) mass is 272 g/mol. The zero-order valence-electron chi connectivity index (χ0n) is 13.0. The van der Waals surface area contributed by atoms with Crippen LogP contribution in [0, 0.1) is 0 Å². The maximum absolute atomic E-state index is 4.49. The van der Waals surface area contributed by atoms with E-state index in [1.807, 2.05) is 36.1 Å². The first kappa shape index (κ1) is 14.8. The second kappa shape index (κ2) is 5.77. The lowest BCUT2D eigenvalue weighted by atomic mass is 9.90. The predicted molar refractivity (Wildman–Crippen MR) is 83.1 cm³/mol. The van der Waals surface area contributed by atoms with Crippen molar-refractivity contribution in [1.29, 1.82) is 0 Å². The van der Waals surface area contributed by atoms with E-state index in [4.69, 9.17) is 0 Å². The molecule has 4 nitrogen and oxygen atoms in total. The van der Waals surface area contributed by atoms with E-state index in [-0.39, 0.29) is 11.6 Å². The fraction of sp³-hybridized carbons (Fsp3) is 0.438. The van der Waals surface area contributed by atoms with Crippen LogP contribution in [0.5, 0.6) is 0 Å². The Morgan fingerprint density at radius 2 is 1.80 bits per heavy atom. The summed E-state index contributed by atoms with van der Waals surface area (Å²) in [6.07, 6.45) is 1.86. The molecule has 1 aromatic carbocycles. The molecule has 1 aromatic heterocycles. The minimum absolute atomic E-state index is 0.0265. The lowest BCUT2D eigenvalue weighted by Crippen LogP contribution is -2.49. The molecule has 1 unspecified atom stereocenters. The van der Waals surface area contributed by atoms with E-state index in [2.05, 4.69) is 61.5 Å². The Bertz CT molecular complexity index is 543. The minimum Gasteiger partial charge on any atom is -0.310 e. The molecular weight excluding hydrogens is 248 g/mol. The molecule has 20 heavy (non-hydrogen) atoms. The summed E-state index contributed by atoms with van der Waals surface area (Å²) in [7, 11) is 6.21. The summed E-state index contributed by atoms with van der Waals surface area (Å²) in [4.78, 5) is 2.23. The zero-order valence-corrected chi connectivity index (χ0v) is 13.0. The van der Waals surface area contributed by atoms with Crippen LogP contribution in [0.3, 0.4) is 0 Å². The third kappa shape index (κ3) is 2.62. The number of benzene rings is 1. The lowest BCUT2D eigenvalue weighted by Gasteiger charge is -2.40. The van der Waals surface area contributed by atoms with E-state index in [0.29, 0.717) is 0 Å². The number of likely N-dealkylation sites (N-methyl/N-ethyl adjacent to an activating group) is 2. The summed E-state index contributed by atoms with van der Waals surface area (Å²) in [5.74, 6) is 0. The van der Waals surface area contributed by atoms with Gasteiger partial charge < -0.3 is 10.2 Å². The van der Waals surface area contributed by atoms with Crippen molar-refractivity contribution in [2.45, 2.75) is 25.4 Å². The van der Waals surface area contributed by atoms with Crippen LogP contribution in [0.4, 0.5) is 0 Å². The van der Waals surface area contributed by atoms with Gasteiger partial charge in [0.1, 0.15) is 0 Å². The van der Waals surface area contributed by atoms with Gasteiger partial charge in [-0.05, 0) is 53.2 Å². The van der Waals surface area contributed by atoms with E-state index in [1.165, 1.54) is 0 Å². The molecule has 0 bridgehead atoms. The number of aromatic nitrogens is 2. The average molecular weight is 272 g/mol. The summed E-state index contributed by atoms with van der Waals surface area (Å²) in [6, 6.07) is 12.5. The quantitative estimate of drug-likeness (QED) is 0.907. The highest BCUT2D eigenvalue weighted by Gasteiger charge is 2.34. The van der Waals surface area contributed by atoms with Gasteiger partial charge in [-0.1, -0.05) is 18.2 Å². The van der Waals surface area contributed by atoms with Crippen LogP contribution in [0.2, 0.25) is 0 Å². The Kier molecular flexibility index (Phi) is 4.26. The van der Waals surface area contributed by atoms with Crippen LogP contribution in [0.1, 0.15) is 25.6 Å². The summed E-state index contributed by atoms with van der Waals surface area (Å²) >= 11 is 0. The second-order valence-corrected chi connectivity index (χ2v) is 5.77. The van der Waals surface area contributed by atoms with Crippen molar-refractivity contribution in [3.63, 3.8) is 0 Å². The Morgan fingerprint density at radius 1 is 1.15 bits per heavy atom. The van der Waals surface area contributed by atoms with E-state index in [9.17, 15) is 0 Å². The van der Waals surface area contributed by atoms with Gasteiger partial charge in [-0.2, -0.15) is 5.10 Å². The van der Waals surface area contributed by atoms with Crippen molar-refractivity contribution in [1.82, 2.24) is 20.0 Å². The van der Waals surface area contributed by atoms with Crippen LogP contribution in [0.15, 0.2) is 42.6 Å². The van der Waals surface area contributed by atoms with E-state index in [0.717, 1.165) is 11.4 Å². The highest BCUT2D eigenvalue weighted by Crippen LogP contribution is 2.30. The molecule has 0 fully saturated rings. The molecule has 1 atom stereocenters. The molecule has 0 aliphatic rings. The number of hydrogen-bond donors (Lipinski definition) is 1. The van der Waals surface area contributed by atoms with Crippen LogP contribution in [0.25, 0.3) is 5.69 Å². The lowest BCUT2D eigenvalue weighted by molar-refractivity contribution is 0.139. The van der Waals surface area contributed by atoms with Gasteiger partial charge in [0, 0.05) is 11.7 Å². The number of para-hydroxylation sites is 1. The summed E-state index contributed by atoms with van der Waals surface area (Å²) in [5, 5.41) is 7.92. The number of hydrogen-bond acceptors (Lipinski definition) is 3. The molecule has 108 valence electrons. The van der Waals surface area contributed by atoms with E-state index >= 15 is 0 Å². The molecule has 0 saturated carbocycles. The minimum atomic E-state index is -0.0265. The van der Waals surface area contributed by atoms with Gasteiger partial charge in [0.2, 0.25) is 0 Å². The second-order valence-electron chi connectivity index (χ2n) is 5.77. The Hall–Kier alpha value is -1.65. The smallest absolute Gasteiger partial charge is 0.0675 e. The summed E-state index contributed by atoms with van der Waals surface area (Å²) in [6.45, 7) is 4.47. The predicted octanol–water partition coefficient (Wildman–Crippen LogP) is 2.47. The van der Waals surface area contributed by atoms with Gasteiger partial charge in [0.25, 0.3) is 0 Å². The van der Waals surface area contributed by atoms with Gasteiger partial charge in [-0.25, -0.2) is 4.68 Å². The fourth-order valence-electron chi connectivity index (χ4n) is 2.44. The van der Waals surface area contributed by atoms with Crippen molar-refractivity contribution in [3.8, 4) is 5.69 Å². The van der Waals surface area contributed by atoms with Crippen molar-refractivity contribution < 1.29 is 0 Å². The molecule has 4 heteroatoms. The Labute approximate surface area is 121 Å². The van der Waals surface area contributed by atoms with Gasteiger partial charge in [-0.15, -0.1) is 0 Å². The van der Waals surface area contributed by atoms with Crippen LogP contribution < -0.4 is 5.32 Å². The highest BCUT2D eigenvalue weighted by molar-refractivity contribution is 5.33. The van der Waals surface area contributed by atoms with Crippen LogP contribution in [-0.2, 0) is 0 Å². The average Bonchev–Trinajstić information content (AvgIpc) is 2.89. The first-order valence-electron chi connectivity index (χ1n) is 6.92. The largest absolute Gasteiger partial charge is 0.310 e. The Morgan fingerprint density at radius 3 is 2.35 bits per heavy atom. The van der Waals surface area contributed by atoms with Gasteiger partial charge in [0.05, 0.1) is 17.4 Å². The van der Waals surface area contributed by atoms with Gasteiger partial charge in [0.15, 0.2) is 0 Å². The molecule has 0 amide bonds. The van der Waals surface area contributed by atoms with E-state index < -0.39 is 0 Å². The summed E-state index contributed by atoms with van der Waals surface area (Å²) in [5.41, 5.74) is 2.22. The van der Waals surface area contributed by atoms with E-state index in [1.54, 1.807) is 0 Å². The standard InChI is InChI=1S/C16H24N4/c1-16(2,19(4)5)15(17-3)14-11-12-18-20(14)13-9-7-6-8-10-13/h6-12,15,17H,1-5H3. The first-order chi connectivity index (χ1) is 9.48. The molecule has 2 aromatic rings. The zero-order chi connectivity index (χ0) is 14.8. The van der Waals surface area contributed by atoms with Crippen LogP contribution >= 0.6 is 0 Å². The maximum Gasteiger partial charge on any atom is 0.0675 e. The number of rotatable bonds is 5. The van der Waals surface area contributed by atoms with Crippen molar-refractivity contribution in [3.05, 3.63) is 48.3 Å². The third-order valence-electron chi connectivity index (χ3n) is 4.12. The molecule has 1 heterocycles. The van der Waals surface area contributed by atoms with Crippen molar-refractivity contribution in [2.75, 3.05) is 21.1 Å². The molecule has 0 saturated heterocycles. The number of nitrogens with one attached hydrogen (secondary N) is 1. The Balaban J connectivity index is 2.45. The molecule has 2 rings (SSSR count). The normalized spacial score (nSPS) is 13.7. The first-order valence-corrected chi connectivity index (χ1v) is 6.92. The van der Waals surface area contributed by atoms with Gasteiger partial charge in [-0.3, -0.25) is 0 Å². The van der Waals surface area contributed by atoms with Gasteiger partial charge >= 0.3 is 0 Å². The van der Waals surface area contributed by atoms with Crippen molar-refractivity contribution >= 4 is 0 Å². The third-order valence-corrected chi connectivity index (χ3v) is 4.12. The topological polar surface area (TPSA) is 33.1 Å². The maximum atomic E-state index is 4.49. The molecular formula is C16H24N4. The van der Waals surface area contributed by atoms with Crippen molar-refractivity contribution in [2.24, 2.45) is 0 Å². The highest BCUT2D eigenvalue weighted by atomic mass is 15.3.